The van der Waals surface area contributed by atoms with E-state index >= 15 is 0 Å². The minimum Gasteiger partial charge on any atom is -0.206 e. The molecule has 19 heavy (non-hydrogen) atoms. The Morgan fingerprint density at radius 3 is 2.05 bits per heavy atom. The fourth-order valence-corrected chi connectivity index (χ4v) is 2.73. The maximum atomic E-state index is 14.0. The van der Waals surface area contributed by atoms with Crippen molar-refractivity contribution >= 4 is 34.8 Å². The van der Waals surface area contributed by atoms with Crippen LogP contribution in [-0.2, 0) is 0 Å². The summed E-state index contributed by atoms with van der Waals surface area (Å²) in [5.74, 6) is -1.04. The van der Waals surface area contributed by atoms with Crippen LogP contribution in [0.3, 0.4) is 0 Å². The van der Waals surface area contributed by atoms with Crippen LogP contribution < -0.4 is 0 Å². The van der Waals surface area contributed by atoms with E-state index in [4.69, 9.17) is 34.8 Å². The van der Waals surface area contributed by atoms with Crippen molar-refractivity contribution in [2.45, 2.75) is 6.43 Å². The van der Waals surface area contributed by atoms with Gasteiger partial charge in [0.05, 0.1) is 15.6 Å². The molecule has 0 unspecified atom stereocenters. The first-order chi connectivity index (χ1) is 8.91. The number of hydrogen-bond donors (Lipinski definition) is 0. The third-order valence-corrected chi connectivity index (χ3v) is 3.35. The standard InChI is InChI=1S/C13H6Cl3F3/c14-6-4-9(15)11(10(16)5-6)7-2-1-3-8(12(7)17)13(18)19/h1-5,13H. The summed E-state index contributed by atoms with van der Waals surface area (Å²) >= 11 is 17.6. The van der Waals surface area contributed by atoms with E-state index < -0.39 is 17.8 Å². The second kappa shape index (κ2) is 5.61. The Labute approximate surface area is 122 Å². The van der Waals surface area contributed by atoms with Crippen molar-refractivity contribution in [2.75, 3.05) is 0 Å². The van der Waals surface area contributed by atoms with Gasteiger partial charge in [0, 0.05) is 16.1 Å². The molecule has 0 N–H and O–H groups in total. The Balaban J connectivity index is 2.70. The average molecular weight is 326 g/mol. The Morgan fingerprint density at radius 2 is 1.53 bits per heavy atom. The lowest BCUT2D eigenvalue weighted by atomic mass is 10.0. The highest BCUT2D eigenvalue weighted by molar-refractivity contribution is 6.41. The number of alkyl halides is 2. The number of halogens is 6. The Kier molecular flexibility index (Phi) is 4.29. The van der Waals surface area contributed by atoms with Crippen LogP contribution in [-0.4, -0.2) is 0 Å². The first-order valence-electron chi connectivity index (χ1n) is 5.13. The van der Waals surface area contributed by atoms with Gasteiger partial charge in [-0.05, 0) is 12.1 Å². The maximum absolute atomic E-state index is 14.0. The lowest BCUT2D eigenvalue weighted by Crippen LogP contribution is -1.95. The third kappa shape index (κ3) is 2.83. The van der Waals surface area contributed by atoms with E-state index in [9.17, 15) is 13.2 Å². The molecule has 6 heteroatoms. The van der Waals surface area contributed by atoms with Crippen LogP contribution in [0.15, 0.2) is 30.3 Å². The van der Waals surface area contributed by atoms with E-state index in [1.54, 1.807) is 0 Å². The van der Waals surface area contributed by atoms with Crippen molar-refractivity contribution in [2.24, 2.45) is 0 Å². The fourth-order valence-electron chi connectivity index (χ4n) is 1.71. The molecule has 0 fully saturated rings. The molecule has 0 aliphatic heterocycles. The molecule has 0 amide bonds. The summed E-state index contributed by atoms with van der Waals surface area (Å²) in [6, 6.07) is 6.42. The van der Waals surface area contributed by atoms with Gasteiger partial charge in [-0.1, -0.05) is 53.0 Å². The van der Waals surface area contributed by atoms with Crippen molar-refractivity contribution in [1.82, 2.24) is 0 Å². The lowest BCUT2D eigenvalue weighted by Gasteiger charge is -2.11. The van der Waals surface area contributed by atoms with Gasteiger partial charge in [-0.2, -0.15) is 0 Å². The zero-order valence-electron chi connectivity index (χ0n) is 9.23. The van der Waals surface area contributed by atoms with Crippen LogP contribution in [0.5, 0.6) is 0 Å². The average Bonchev–Trinajstić information content (AvgIpc) is 2.29. The third-order valence-electron chi connectivity index (χ3n) is 2.54. The molecule has 0 saturated heterocycles. The first kappa shape index (κ1) is 14.5. The predicted octanol–water partition coefficient (Wildman–Crippen LogP) is 6.39. The normalized spacial score (nSPS) is 11.1. The summed E-state index contributed by atoms with van der Waals surface area (Å²) in [5.41, 5.74) is -0.628. The van der Waals surface area contributed by atoms with Crippen LogP contribution in [0, 0.1) is 5.82 Å². The molecule has 100 valence electrons. The molecular weight excluding hydrogens is 319 g/mol. The molecule has 0 saturated carbocycles. The summed E-state index contributed by atoms with van der Waals surface area (Å²) in [6.45, 7) is 0. The number of hydrogen-bond acceptors (Lipinski definition) is 0. The summed E-state index contributed by atoms with van der Waals surface area (Å²) < 4.78 is 39.4. The van der Waals surface area contributed by atoms with E-state index in [1.807, 2.05) is 0 Å². The lowest BCUT2D eigenvalue weighted by molar-refractivity contribution is 0.146. The number of benzene rings is 2. The SMILES string of the molecule is Fc1c(-c2c(Cl)cc(Cl)cc2Cl)cccc1C(F)F. The summed E-state index contributed by atoms with van der Waals surface area (Å²) in [6.07, 6.45) is -2.91. The van der Waals surface area contributed by atoms with Crippen molar-refractivity contribution in [3.05, 3.63) is 56.8 Å². The van der Waals surface area contributed by atoms with Gasteiger partial charge in [0.15, 0.2) is 0 Å². The molecule has 0 heterocycles. The molecular formula is C13H6Cl3F3. The zero-order valence-corrected chi connectivity index (χ0v) is 11.5. The summed E-state index contributed by atoms with van der Waals surface area (Å²) in [7, 11) is 0. The largest absolute Gasteiger partial charge is 0.266 e. The highest BCUT2D eigenvalue weighted by Gasteiger charge is 2.20. The van der Waals surface area contributed by atoms with E-state index in [2.05, 4.69) is 0 Å². The van der Waals surface area contributed by atoms with Gasteiger partial charge in [-0.3, -0.25) is 0 Å². The van der Waals surface area contributed by atoms with E-state index in [1.165, 1.54) is 24.3 Å². The molecule has 0 aromatic heterocycles. The van der Waals surface area contributed by atoms with Crippen molar-refractivity contribution in [3.63, 3.8) is 0 Å². The molecule has 0 aliphatic carbocycles. The number of rotatable bonds is 2. The van der Waals surface area contributed by atoms with Crippen molar-refractivity contribution in [3.8, 4) is 11.1 Å². The molecule has 2 aromatic carbocycles. The second-order valence-electron chi connectivity index (χ2n) is 3.75. The Bertz CT molecular complexity index is 604. The molecule has 2 aromatic rings. The van der Waals surface area contributed by atoms with E-state index in [0.29, 0.717) is 0 Å². The second-order valence-corrected chi connectivity index (χ2v) is 5.00. The van der Waals surface area contributed by atoms with E-state index in [-0.39, 0.29) is 26.2 Å². The van der Waals surface area contributed by atoms with Gasteiger partial charge < -0.3 is 0 Å². The smallest absolute Gasteiger partial charge is 0.206 e. The van der Waals surface area contributed by atoms with Gasteiger partial charge in [-0.15, -0.1) is 0 Å². The monoisotopic (exact) mass is 324 g/mol. The molecule has 0 nitrogen and oxygen atoms in total. The molecule has 0 aliphatic rings. The van der Waals surface area contributed by atoms with Gasteiger partial charge in [0.25, 0.3) is 6.43 Å². The predicted molar refractivity (Wildman–Crippen MR) is 71.8 cm³/mol. The minimum atomic E-state index is -2.91. The molecule has 2 rings (SSSR count). The van der Waals surface area contributed by atoms with Gasteiger partial charge in [0.2, 0.25) is 0 Å². The molecule has 0 radical (unpaired) electrons. The topological polar surface area (TPSA) is 0 Å². The highest BCUT2D eigenvalue weighted by atomic mass is 35.5. The summed E-state index contributed by atoms with van der Waals surface area (Å²) in [4.78, 5) is 0. The van der Waals surface area contributed by atoms with Crippen LogP contribution in [0.1, 0.15) is 12.0 Å². The van der Waals surface area contributed by atoms with Crippen LogP contribution in [0.4, 0.5) is 13.2 Å². The summed E-state index contributed by atoms with van der Waals surface area (Å²) in [5, 5.41) is 0.481. The Morgan fingerprint density at radius 1 is 0.947 bits per heavy atom. The maximum Gasteiger partial charge on any atom is 0.266 e. The van der Waals surface area contributed by atoms with Crippen molar-refractivity contribution < 1.29 is 13.2 Å². The van der Waals surface area contributed by atoms with E-state index in [0.717, 1.165) is 6.07 Å². The minimum absolute atomic E-state index is 0.0792. The van der Waals surface area contributed by atoms with Gasteiger partial charge in [0.1, 0.15) is 5.82 Å². The quantitative estimate of drug-likeness (QED) is 0.600. The van der Waals surface area contributed by atoms with Crippen molar-refractivity contribution in [1.29, 1.82) is 0 Å². The molecule has 0 bridgehead atoms. The highest BCUT2D eigenvalue weighted by Crippen LogP contribution is 2.40. The van der Waals surface area contributed by atoms with Crippen LogP contribution >= 0.6 is 34.8 Å². The molecule has 0 atom stereocenters. The zero-order chi connectivity index (χ0) is 14.2. The van der Waals surface area contributed by atoms with Crippen LogP contribution in [0.25, 0.3) is 11.1 Å². The van der Waals surface area contributed by atoms with Gasteiger partial charge >= 0.3 is 0 Å². The van der Waals surface area contributed by atoms with Gasteiger partial charge in [-0.25, -0.2) is 13.2 Å². The van der Waals surface area contributed by atoms with Crippen LogP contribution in [0.2, 0.25) is 15.1 Å². The first-order valence-corrected chi connectivity index (χ1v) is 6.26. The molecule has 0 spiro atoms. The fraction of sp³-hybridized carbons (Fsp3) is 0.0769. The Hall–Kier alpha value is -0.900.